The molecule has 0 radical (unpaired) electrons. The molecule has 20 heavy (non-hydrogen) atoms. The summed E-state index contributed by atoms with van der Waals surface area (Å²) in [6.07, 6.45) is 9.97. The lowest BCUT2D eigenvalue weighted by Crippen LogP contribution is -2.54. The molecule has 0 heterocycles. The second kappa shape index (κ2) is 7.79. The molecule has 0 saturated heterocycles. The molecule has 0 aromatic carbocycles. The van der Waals surface area contributed by atoms with Crippen molar-refractivity contribution >= 4 is 0 Å². The largest absolute Gasteiger partial charge is 0.313 e. The van der Waals surface area contributed by atoms with Crippen molar-refractivity contribution in [3.63, 3.8) is 0 Å². The van der Waals surface area contributed by atoms with Crippen LogP contribution in [0.3, 0.4) is 0 Å². The van der Waals surface area contributed by atoms with E-state index in [1.165, 1.54) is 51.5 Å². The van der Waals surface area contributed by atoms with E-state index in [1.807, 2.05) is 0 Å². The molecule has 0 aromatic heterocycles. The van der Waals surface area contributed by atoms with Gasteiger partial charge in [-0.2, -0.15) is 0 Å². The summed E-state index contributed by atoms with van der Waals surface area (Å²) < 4.78 is 0. The zero-order valence-corrected chi connectivity index (χ0v) is 14.2. The molecule has 0 aromatic rings. The molecular formula is C18H36N2. The molecule has 2 fully saturated rings. The van der Waals surface area contributed by atoms with Crippen molar-refractivity contribution in [1.29, 1.82) is 0 Å². The van der Waals surface area contributed by atoms with Gasteiger partial charge in [0.05, 0.1) is 0 Å². The molecular weight excluding hydrogens is 244 g/mol. The Labute approximate surface area is 126 Å². The first-order valence-electron chi connectivity index (χ1n) is 9.14. The average molecular weight is 281 g/mol. The normalized spacial score (nSPS) is 31.2. The van der Waals surface area contributed by atoms with E-state index in [2.05, 4.69) is 37.9 Å². The Hall–Kier alpha value is -0.0800. The first-order chi connectivity index (χ1) is 9.65. The van der Waals surface area contributed by atoms with Crippen molar-refractivity contribution in [1.82, 2.24) is 10.2 Å². The third-order valence-electron chi connectivity index (χ3n) is 5.11. The Bertz CT molecular complexity index is 273. The fraction of sp³-hybridized carbons (Fsp3) is 1.00. The zero-order valence-electron chi connectivity index (χ0n) is 14.2. The van der Waals surface area contributed by atoms with Crippen molar-refractivity contribution in [3.8, 4) is 0 Å². The Morgan fingerprint density at radius 1 is 1.10 bits per heavy atom. The van der Waals surface area contributed by atoms with Crippen LogP contribution in [0.4, 0.5) is 0 Å². The van der Waals surface area contributed by atoms with Gasteiger partial charge in [0.15, 0.2) is 0 Å². The van der Waals surface area contributed by atoms with Gasteiger partial charge < -0.3 is 5.32 Å². The van der Waals surface area contributed by atoms with Gasteiger partial charge in [0.2, 0.25) is 0 Å². The van der Waals surface area contributed by atoms with Crippen LogP contribution in [0.2, 0.25) is 0 Å². The summed E-state index contributed by atoms with van der Waals surface area (Å²) in [6.45, 7) is 11.8. The van der Waals surface area contributed by atoms with Gasteiger partial charge in [-0.3, -0.25) is 4.90 Å². The number of rotatable bonds is 8. The number of hydrogen-bond donors (Lipinski definition) is 1. The lowest BCUT2D eigenvalue weighted by molar-refractivity contribution is 0.0775. The van der Waals surface area contributed by atoms with Crippen LogP contribution in [-0.2, 0) is 0 Å². The lowest BCUT2D eigenvalue weighted by Gasteiger charge is -2.44. The Kier molecular flexibility index (Phi) is 6.35. The van der Waals surface area contributed by atoms with Crippen LogP contribution in [0.15, 0.2) is 0 Å². The van der Waals surface area contributed by atoms with Gasteiger partial charge in [0.1, 0.15) is 0 Å². The smallest absolute Gasteiger partial charge is 0.0255 e. The fourth-order valence-corrected chi connectivity index (χ4v) is 4.15. The maximum atomic E-state index is 3.79. The van der Waals surface area contributed by atoms with Crippen molar-refractivity contribution in [2.45, 2.75) is 90.8 Å². The molecule has 0 amide bonds. The minimum absolute atomic E-state index is 0.743. The maximum Gasteiger partial charge on any atom is 0.0255 e. The van der Waals surface area contributed by atoms with E-state index >= 15 is 0 Å². The summed E-state index contributed by atoms with van der Waals surface area (Å²) in [5.41, 5.74) is 0. The van der Waals surface area contributed by atoms with Gasteiger partial charge in [0, 0.05) is 24.7 Å². The maximum absolute atomic E-state index is 3.79. The summed E-state index contributed by atoms with van der Waals surface area (Å²) in [4.78, 5) is 2.89. The zero-order chi connectivity index (χ0) is 14.5. The Balaban J connectivity index is 2.03. The second-order valence-corrected chi connectivity index (χ2v) is 7.52. The molecule has 2 aliphatic rings. The van der Waals surface area contributed by atoms with E-state index in [0.29, 0.717) is 0 Å². The van der Waals surface area contributed by atoms with Crippen LogP contribution in [0, 0.1) is 11.8 Å². The van der Waals surface area contributed by atoms with E-state index in [9.17, 15) is 0 Å². The van der Waals surface area contributed by atoms with Crippen LogP contribution in [0.1, 0.15) is 72.6 Å². The molecule has 0 aliphatic heterocycles. The van der Waals surface area contributed by atoms with Crippen LogP contribution in [0.5, 0.6) is 0 Å². The third-order valence-corrected chi connectivity index (χ3v) is 5.11. The Morgan fingerprint density at radius 3 is 2.40 bits per heavy atom. The van der Waals surface area contributed by atoms with E-state index in [1.54, 1.807) is 0 Å². The van der Waals surface area contributed by atoms with E-state index in [0.717, 1.165) is 36.5 Å². The van der Waals surface area contributed by atoms with Crippen LogP contribution in [-0.4, -0.2) is 36.1 Å². The molecule has 0 bridgehead atoms. The number of likely N-dealkylation sites (N-methyl/N-ethyl adjacent to an activating group) is 1. The highest BCUT2D eigenvalue weighted by atomic mass is 15.2. The van der Waals surface area contributed by atoms with Gasteiger partial charge in [-0.15, -0.1) is 0 Å². The number of hydrogen-bond acceptors (Lipinski definition) is 2. The molecule has 2 saturated carbocycles. The summed E-state index contributed by atoms with van der Waals surface area (Å²) >= 11 is 0. The highest BCUT2D eigenvalue weighted by molar-refractivity contribution is 4.97. The Morgan fingerprint density at radius 2 is 1.85 bits per heavy atom. The average Bonchev–Trinajstić information content (AvgIpc) is 3.23. The number of nitrogens with zero attached hydrogens (tertiary/aromatic N) is 1. The van der Waals surface area contributed by atoms with E-state index in [-0.39, 0.29) is 0 Å². The van der Waals surface area contributed by atoms with Crippen LogP contribution in [0.25, 0.3) is 0 Å². The van der Waals surface area contributed by atoms with Crippen molar-refractivity contribution < 1.29 is 0 Å². The predicted molar refractivity (Wildman–Crippen MR) is 88.1 cm³/mol. The van der Waals surface area contributed by atoms with Gasteiger partial charge in [-0.1, -0.05) is 40.5 Å². The lowest BCUT2D eigenvalue weighted by atomic mass is 9.79. The van der Waals surface area contributed by atoms with Gasteiger partial charge in [-0.25, -0.2) is 0 Å². The standard InChI is InChI=1S/C18H36N2/c1-5-7-15-8-11-17(19-6-2)18(12-15)20(13-14(3)4)16-9-10-16/h14-19H,5-13H2,1-4H3. The quantitative estimate of drug-likeness (QED) is 0.721. The van der Waals surface area contributed by atoms with Crippen LogP contribution >= 0.6 is 0 Å². The summed E-state index contributed by atoms with van der Waals surface area (Å²) in [7, 11) is 0. The van der Waals surface area contributed by atoms with Gasteiger partial charge in [-0.05, 0) is 50.5 Å². The monoisotopic (exact) mass is 280 g/mol. The summed E-state index contributed by atoms with van der Waals surface area (Å²) in [5.74, 6) is 1.78. The van der Waals surface area contributed by atoms with Crippen molar-refractivity contribution in [2.24, 2.45) is 11.8 Å². The fourth-order valence-electron chi connectivity index (χ4n) is 4.15. The molecule has 2 aliphatic carbocycles. The SMILES string of the molecule is CCCC1CCC(NCC)C(N(CC(C)C)C2CC2)C1. The summed E-state index contributed by atoms with van der Waals surface area (Å²) in [5, 5.41) is 3.79. The second-order valence-electron chi connectivity index (χ2n) is 7.52. The van der Waals surface area contributed by atoms with Crippen molar-refractivity contribution in [3.05, 3.63) is 0 Å². The molecule has 2 nitrogen and oxygen atoms in total. The first-order valence-corrected chi connectivity index (χ1v) is 9.14. The molecule has 3 unspecified atom stereocenters. The minimum atomic E-state index is 0.743. The molecule has 1 N–H and O–H groups in total. The molecule has 0 spiro atoms. The predicted octanol–water partition coefficient (Wildman–Crippen LogP) is 4.05. The molecule has 3 atom stereocenters. The number of nitrogens with one attached hydrogen (secondary N) is 1. The molecule has 118 valence electrons. The topological polar surface area (TPSA) is 15.3 Å². The highest BCUT2D eigenvalue weighted by Crippen LogP contribution is 2.37. The first kappa shape index (κ1) is 16.3. The molecule has 2 rings (SSSR count). The van der Waals surface area contributed by atoms with Gasteiger partial charge >= 0.3 is 0 Å². The highest BCUT2D eigenvalue weighted by Gasteiger charge is 2.40. The van der Waals surface area contributed by atoms with E-state index < -0.39 is 0 Å². The van der Waals surface area contributed by atoms with Crippen molar-refractivity contribution in [2.75, 3.05) is 13.1 Å². The van der Waals surface area contributed by atoms with Gasteiger partial charge in [0.25, 0.3) is 0 Å². The summed E-state index contributed by atoms with van der Waals surface area (Å²) in [6, 6.07) is 2.45. The minimum Gasteiger partial charge on any atom is -0.313 e. The molecule has 2 heteroatoms. The van der Waals surface area contributed by atoms with Crippen LogP contribution < -0.4 is 5.32 Å². The van der Waals surface area contributed by atoms with E-state index in [4.69, 9.17) is 0 Å². The third kappa shape index (κ3) is 4.46.